The largest absolute Gasteiger partial charge is 0.487 e. The molecule has 2 aromatic rings. The molecule has 3 nitrogen and oxygen atoms in total. The summed E-state index contributed by atoms with van der Waals surface area (Å²) >= 11 is 17.3. The Hall–Kier alpha value is -0.360. The molecule has 27 heavy (non-hydrogen) atoms. The van der Waals surface area contributed by atoms with Crippen molar-refractivity contribution in [1.29, 1.82) is 0 Å². The highest BCUT2D eigenvalue weighted by atomic mass is 127. The van der Waals surface area contributed by atoms with Crippen LogP contribution in [-0.2, 0) is 11.4 Å². The number of amides is 1. The van der Waals surface area contributed by atoms with E-state index in [1.54, 1.807) is 4.90 Å². The van der Waals surface area contributed by atoms with Gasteiger partial charge in [-0.3, -0.25) is 9.69 Å². The smallest absolute Gasteiger partial charge is 0.266 e. The van der Waals surface area contributed by atoms with Crippen LogP contribution in [0.5, 0.6) is 5.75 Å². The highest BCUT2D eigenvalue weighted by Gasteiger charge is 2.30. The topological polar surface area (TPSA) is 29.5 Å². The summed E-state index contributed by atoms with van der Waals surface area (Å²) in [5.74, 6) is 0.783. The molecule has 0 unspecified atom stereocenters. The van der Waals surface area contributed by atoms with Gasteiger partial charge >= 0.3 is 0 Å². The van der Waals surface area contributed by atoms with Gasteiger partial charge in [0.15, 0.2) is 0 Å². The number of hydrogen-bond donors (Lipinski definition) is 0. The lowest BCUT2D eigenvalue weighted by Gasteiger charge is -2.12. The molecule has 0 spiro atoms. The normalized spacial score (nSPS) is 15.7. The zero-order valence-corrected chi connectivity index (χ0v) is 20.9. The van der Waals surface area contributed by atoms with Gasteiger partial charge in [0.2, 0.25) is 0 Å². The molecule has 1 heterocycles. The van der Waals surface area contributed by atoms with Crippen LogP contribution in [0.15, 0.2) is 41.3 Å². The van der Waals surface area contributed by atoms with E-state index >= 15 is 0 Å². The molecule has 1 fully saturated rings. The van der Waals surface area contributed by atoms with Crippen molar-refractivity contribution in [2.75, 3.05) is 6.54 Å². The van der Waals surface area contributed by atoms with Crippen molar-refractivity contribution in [3.05, 3.63) is 64.6 Å². The summed E-state index contributed by atoms with van der Waals surface area (Å²) in [5, 5.41) is 0.692. The summed E-state index contributed by atoms with van der Waals surface area (Å²) in [6, 6.07) is 11.6. The summed E-state index contributed by atoms with van der Waals surface area (Å²) < 4.78 is 8.57. The van der Waals surface area contributed by atoms with Gasteiger partial charge in [0.25, 0.3) is 5.91 Å². The Balaban J connectivity index is 1.81. The van der Waals surface area contributed by atoms with Crippen LogP contribution in [0.3, 0.4) is 0 Å². The van der Waals surface area contributed by atoms with Gasteiger partial charge in [-0.15, -0.1) is 0 Å². The molecule has 2 aromatic carbocycles. The minimum atomic E-state index is -0.0310. The van der Waals surface area contributed by atoms with Crippen LogP contribution in [0.4, 0.5) is 0 Å². The molecule has 0 aromatic heterocycles. The minimum Gasteiger partial charge on any atom is -0.487 e. The SMILES string of the molecule is CCN1C(=O)/C(=C/c2cc(I)c(OCc3ccccc3Cl)c(I)c2)SC1=S. The molecule has 0 saturated carbocycles. The van der Waals surface area contributed by atoms with E-state index in [-0.39, 0.29) is 5.91 Å². The third kappa shape index (κ3) is 4.98. The number of carbonyl (C=O) groups is 1. The van der Waals surface area contributed by atoms with Crippen LogP contribution >= 0.6 is 80.8 Å². The number of benzene rings is 2. The molecule has 8 heteroatoms. The fourth-order valence-corrected chi connectivity index (χ4v) is 6.19. The second kappa shape index (κ2) is 9.43. The number of ether oxygens (including phenoxy) is 1. The standard InChI is InChI=1S/C19H14ClI2NO2S2/c1-2-23-18(24)16(27-19(23)26)9-11-7-14(21)17(15(22)8-11)25-10-12-5-3-4-6-13(12)20/h3-9H,2,10H2,1H3/b16-9-. The lowest BCUT2D eigenvalue weighted by Crippen LogP contribution is -2.27. The Morgan fingerprint density at radius 3 is 2.52 bits per heavy atom. The molecule has 140 valence electrons. The molecule has 0 atom stereocenters. The monoisotopic (exact) mass is 641 g/mol. The van der Waals surface area contributed by atoms with Crippen molar-refractivity contribution in [3.63, 3.8) is 0 Å². The van der Waals surface area contributed by atoms with Gasteiger partial charge in [-0.25, -0.2) is 0 Å². The van der Waals surface area contributed by atoms with Gasteiger partial charge in [-0.2, -0.15) is 0 Å². The van der Waals surface area contributed by atoms with Crippen molar-refractivity contribution >= 4 is 97.1 Å². The Bertz CT molecular complexity index is 926. The Kier molecular flexibility index (Phi) is 7.45. The third-order valence-electron chi connectivity index (χ3n) is 3.84. The molecular weight excluding hydrogens is 628 g/mol. The fraction of sp³-hybridized carbons (Fsp3) is 0.158. The van der Waals surface area contributed by atoms with Crippen LogP contribution < -0.4 is 4.74 Å². The van der Waals surface area contributed by atoms with Crippen LogP contribution in [0.2, 0.25) is 5.02 Å². The van der Waals surface area contributed by atoms with E-state index in [0.29, 0.717) is 27.4 Å². The highest BCUT2D eigenvalue weighted by Crippen LogP contribution is 2.35. The van der Waals surface area contributed by atoms with Gasteiger partial charge in [-0.05, 0) is 81.9 Å². The number of carbonyl (C=O) groups excluding carboxylic acids is 1. The van der Waals surface area contributed by atoms with Gasteiger partial charge in [-0.1, -0.05) is 53.8 Å². The fourth-order valence-electron chi connectivity index (χ4n) is 2.49. The van der Waals surface area contributed by atoms with Crippen LogP contribution in [-0.4, -0.2) is 21.7 Å². The maximum atomic E-state index is 12.4. The van der Waals surface area contributed by atoms with Gasteiger partial charge in [0, 0.05) is 17.1 Å². The highest BCUT2D eigenvalue weighted by molar-refractivity contribution is 14.1. The van der Waals surface area contributed by atoms with E-state index in [0.717, 1.165) is 24.0 Å². The van der Waals surface area contributed by atoms with E-state index in [9.17, 15) is 4.79 Å². The second-order valence-corrected chi connectivity index (χ2v) is 10.0. The number of thioether (sulfide) groups is 1. The number of hydrogen-bond acceptors (Lipinski definition) is 4. The van der Waals surface area contributed by atoms with E-state index < -0.39 is 0 Å². The lowest BCUT2D eigenvalue weighted by atomic mass is 10.2. The first kappa shape index (κ1) is 21.4. The maximum Gasteiger partial charge on any atom is 0.266 e. The van der Waals surface area contributed by atoms with Crippen molar-refractivity contribution in [2.24, 2.45) is 0 Å². The van der Waals surface area contributed by atoms with Crippen LogP contribution in [0.1, 0.15) is 18.1 Å². The summed E-state index contributed by atoms with van der Waals surface area (Å²) in [4.78, 5) is 14.7. The van der Waals surface area contributed by atoms with Crippen molar-refractivity contribution < 1.29 is 9.53 Å². The quantitative estimate of drug-likeness (QED) is 0.216. The predicted molar refractivity (Wildman–Crippen MR) is 133 cm³/mol. The Labute approximate surface area is 200 Å². The van der Waals surface area contributed by atoms with E-state index in [1.807, 2.05) is 49.4 Å². The molecule has 1 saturated heterocycles. The first-order valence-electron chi connectivity index (χ1n) is 8.01. The number of halogens is 3. The number of likely N-dealkylation sites (N-methyl/N-ethyl adjacent to an activating group) is 1. The molecule has 1 amide bonds. The van der Waals surface area contributed by atoms with Crippen molar-refractivity contribution in [1.82, 2.24) is 4.90 Å². The Morgan fingerprint density at radius 2 is 1.93 bits per heavy atom. The minimum absolute atomic E-state index is 0.0310. The maximum absolute atomic E-state index is 12.4. The summed E-state index contributed by atoms with van der Waals surface area (Å²) in [5.41, 5.74) is 1.89. The summed E-state index contributed by atoms with van der Waals surface area (Å²) in [6.45, 7) is 2.91. The zero-order valence-electron chi connectivity index (χ0n) is 14.2. The molecule has 1 aliphatic heterocycles. The van der Waals surface area contributed by atoms with E-state index in [4.69, 9.17) is 28.6 Å². The molecule has 3 rings (SSSR count). The van der Waals surface area contributed by atoms with Crippen molar-refractivity contribution in [3.8, 4) is 5.75 Å². The average molecular weight is 642 g/mol. The number of thiocarbonyl (C=S) groups is 1. The Morgan fingerprint density at radius 1 is 1.26 bits per heavy atom. The summed E-state index contributed by atoms with van der Waals surface area (Å²) in [7, 11) is 0. The van der Waals surface area contributed by atoms with Crippen LogP contribution in [0, 0.1) is 7.14 Å². The van der Waals surface area contributed by atoms with E-state index in [2.05, 4.69) is 45.2 Å². The third-order valence-corrected chi connectivity index (χ3v) is 7.19. The van der Waals surface area contributed by atoms with E-state index in [1.165, 1.54) is 11.8 Å². The molecule has 1 aliphatic rings. The second-order valence-electron chi connectivity index (χ2n) is 5.62. The zero-order chi connectivity index (χ0) is 19.6. The molecular formula is C19H14ClI2NO2S2. The first-order valence-corrected chi connectivity index (χ1v) is 11.8. The molecule has 0 aliphatic carbocycles. The summed E-state index contributed by atoms with van der Waals surface area (Å²) in [6.07, 6.45) is 1.89. The number of nitrogens with zero attached hydrogens (tertiary/aromatic N) is 1. The molecule has 0 bridgehead atoms. The first-order chi connectivity index (χ1) is 12.9. The average Bonchev–Trinajstić information content (AvgIpc) is 2.88. The lowest BCUT2D eigenvalue weighted by molar-refractivity contribution is -0.121. The van der Waals surface area contributed by atoms with Crippen molar-refractivity contribution in [2.45, 2.75) is 13.5 Å². The number of rotatable bonds is 5. The molecule has 0 N–H and O–H groups in total. The molecule has 0 radical (unpaired) electrons. The van der Waals surface area contributed by atoms with Crippen LogP contribution in [0.25, 0.3) is 6.08 Å². The predicted octanol–water partition coefficient (Wildman–Crippen LogP) is 6.35. The van der Waals surface area contributed by atoms with Gasteiger partial charge < -0.3 is 4.74 Å². The van der Waals surface area contributed by atoms with Gasteiger partial charge in [0.1, 0.15) is 16.7 Å². The van der Waals surface area contributed by atoms with Gasteiger partial charge in [0.05, 0.1) is 12.0 Å².